The lowest BCUT2D eigenvalue weighted by atomic mass is 10.1. The second-order valence-corrected chi connectivity index (χ2v) is 6.78. The highest BCUT2D eigenvalue weighted by molar-refractivity contribution is 14.1. The summed E-state index contributed by atoms with van der Waals surface area (Å²) >= 11 is 5.26. The molecule has 2 amide bonds. The van der Waals surface area contributed by atoms with E-state index in [9.17, 15) is 14.0 Å². The molecule has 2 aromatic rings. The Labute approximate surface area is 142 Å². The van der Waals surface area contributed by atoms with Gasteiger partial charge in [0.1, 0.15) is 5.82 Å². The number of imide groups is 1. The van der Waals surface area contributed by atoms with E-state index in [1.54, 1.807) is 30.3 Å². The first-order valence-corrected chi connectivity index (χ1v) is 7.94. The minimum absolute atomic E-state index is 0.0674. The fraction of sp³-hybridized carbons (Fsp3) is 0.0667. The van der Waals surface area contributed by atoms with Gasteiger partial charge in [0.15, 0.2) is 0 Å². The first-order valence-electron chi connectivity index (χ1n) is 6.07. The van der Waals surface area contributed by atoms with Gasteiger partial charge in [-0.2, -0.15) is 0 Å². The van der Waals surface area contributed by atoms with Crippen molar-refractivity contribution in [3.05, 3.63) is 66.9 Å². The highest BCUT2D eigenvalue weighted by Crippen LogP contribution is 2.27. The molecule has 0 atom stereocenters. The summed E-state index contributed by atoms with van der Waals surface area (Å²) in [6, 6.07) is 9.64. The second-order valence-electron chi connectivity index (χ2n) is 4.62. The van der Waals surface area contributed by atoms with Crippen LogP contribution in [0.3, 0.4) is 0 Å². The molecular formula is C15H8BrFINO2. The van der Waals surface area contributed by atoms with Crippen LogP contribution in [-0.4, -0.2) is 16.7 Å². The SMILES string of the molecule is O=C1c2ccc(I)cc2C(=O)N1Cc1ccc(Br)cc1F. The molecule has 6 heteroatoms. The molecule has 3 nitrogen and oxygen atoms in total. The lowest BCUT2D eigenvalue weighted by Crippen LogP contribution is -2.29. The monoisotopic (exact) mass is 459 g/mol. The molecule has 1 aliphatic rings. The van der Waals surface area contributed by atoms with E-state index in [1.165, 1.54) is 6.07 Å². The van der Waals surface area contributed by atoms with Crippen LogP contribution in [0.5, 0.6) is 0 Å². The maximum Gasteiger partial charge on any atom is 0.261 e. The number of fused-ring (bicyclic) bond motifs is 1. The zero-order valence-electron chi connectivity index (χ0n) is 10.6. The molecule has 21 heavy (non-hydrogen) atoms. The normalized spacial score (nSPS) is 13.8. The first-order chi connectivity index (χ1) is 9.97. The van der Waals surface area contributed by atoms with Crippen molar-refractivity contribution in [2.75, 3.05) is 0 Å². The van der Waals surface area contributed by atoms with Crippen molar-refractivity contribution in [1.82, 2.24) is 4.90 Å². The van der Waals surface area contributed by atoms with Crippen molar-refractivity contribution in [2.45, 2.75) is 6.54 Å². The van der Waals surface area contributed by atoms with E-state index in [1.807, 2.05) is 0 Å². The first kappa shape index (κ1) is 14.6. The van der Waals surface area contributed by atoms with Crippen LogP contribution in [0.2, 0.25) is 0 Å². The molecule has 0 spiro atoms. The van der Waals surface area contributed by atoms with E-state index >= 15 is 0 Å². The number of benzene rings is 2. The largest absolute Gasteiger partial charge is 0.270 e. The topological polar surface area (TPSA) is 37.4 Å². The Morgan fingerprint density at radius 2 is 1.76 bits per heavy atom. The fourth-order valence-corrected chi connectivity index (χ4v) is 3.05. The van der Waals surface area contributed by atoms with Gasteiger partial charge in [-0.25, -0.2) is 4.39 Å². The molecule has 1 aliphatic heterocycles. The molecule has 106 valence electrons. The van der Waals surface area contributed by atoms with Crippen LogP contribution >= 0.6 is 38.5 Å². The Morgan fingerprint density at radius 1 is 1.05 bits per heavy atom. The van der Waals surface area contributed by atoms with Crippen LogP contribution in [0.4, 0.5) is 4.39 Å². The number of amides is 2. The van der Waals surface area contributed by atoms with E-state index in [0.717, 1.165) is 8.47 Å². The zero-order valence-corrected chi connectivity index (χ0v) is 14.3. The van der Waals surface area contributed by atoms with Crippen LogP contribution in [0.1, 0.15) is 26.3 Å². The summed E-state index contributed by atoms with van der Waals surface area (Å²) in [6.45, 7) is -0.0674. The number of nitrogens with zero attached hydrogens (tertiary/aromatic N) is 1. The number of carbonyl (C=O) groups excluding carboxylic acids is 2. The van der Waals surface area contributed by atoms with Gasteiger partial charge in [-0.15, -0.1) is 0 Å². The van der Waals surface area contributed by atoms with Gasteiger partial charge in [0, 0.05) is 13.6 Å². The Hall–Kier alpha value is -1.28. The molecule has 0 bridgehead atoms. The maximum atomic E-state index is 13.9. The fourth-order valence-electron chi connectivity index (χ4n) is 2.23. The molecule has 2 aromatic carbocycles. The molecule has 0 saturated heterocycles. The lowest BCUT2D eigenvalue weighted by molar-refractivity contribution is 0.0641. The van der Waals surface area contributed by atoms with Crippen LogP contribution in [0.15, 0.2) is 40.9 Å². The van der Waals surface area contributed by atoms with Crippen molar-refractivity contribution >= 4 is 50.3 Å². The summed E-state index contributed by atoms with van der Waals surface area (Å²) in [5, 5.41) is 0. The number of hydrogen-bond donors (Lipinski definition) is 0. The van der Waals surface area contributed by atoms with Crippen LogP contribution in [-0.2, 0) is 6.54 Å². The summed E-state index contributed by atoms with van der Waals surface area (Å²) in [7, 11) is 0. The lowest BCUT2D eigenvalue weighted by Gasteiger charge is -2.14. The van der Waals surface area contributed by atoms with Crippen LogP contribution < -0.4 is 0 Å². The van der Waals surface area contributed by atoms with Crippen molar-refractivity contribution in [3.8, 4) is 0 Å². The second kappa shape index (κ2) is 5.49. The Kier molecular flexibility index (Phi) is 3.83. The summed E-state index contributed by atoms with van der Waals surface area (Å²) in [5.41, 5.74) is 1.06. The van der Waals surface area contributed by atoms with E-state index in [0.29, 0.717) is 21.2 Å². The quantitative estimate of drug-likeness (QED) is 0.503. The minimum atomic E-state index is -0.449. The van der Waals surface area contributed by atoms with Gasteiger partial charge in [-0.1, -0.05) is 22.0 Å². The van der Waals surface area contributed by atoms with Gasteiger partial charge in [-0.3, -0.25) is 14.5 Å². The summed E-state index contributed by atoms with van der Waals surface area (Å²) in [6.07, 6.45) is 0. The highest BCUT2D eigenvalue weighted by atomic mass is 127. The van der Waals surface area contributed by atoms with Gasteiger partial charge in [0.2, 0.25) is 0 Å². The van der Waals surface area contributed by atoms with Crippen molar-refractivity contribution in [2.24, 2.45) is 0 Å². The van der Waals surface area contributed by atoms with E-state index < -0.39 is 5.82 Å². The maximum absolute atomic E-state index is 13.9. The van der Waals surface area contributed by atoms with Crippen molar-refractivity contribution in [1.29, 1.82) is 0 Å². The average molecular weight is 460 g/mol. The van der Waals surface area contributed by atoms with Crippen LogP contribution in [0, 0.1) is 9.39 Å². The molecule has 3 rings (SSSR count). The molecule has 0 saturated carbocycles. The van der Waals surface area contributed by atoms with Gasteiger partial charge in [0.05, 0.1) is 17.7 Å². The molecule has 0 N–H and O–H groups in total. The Morgan fingerprint density at radius 3 is 2.48 bits per heavy atom. The third-order valence-electron chi connectivity index (χ3n) is 3.28. The summed E-state index contributed by atoms with van der Waals surface area (Å²) in [4.78, 5) is 25.7. The smallest absolute Gasteiger partial charge is 0.261 e. The van der Waals surface area contributed by atoms with Crippen LogP contribution in [0.25, 0.3) is 0 Å². The zero-order chi connectivity index (χ0) is 15.1. The molecule has 0 radical (unpaired) electrons. The molecular weight excluding hydrogens is 452 g/mol. The Bertz CT molecular complexity index is 778. The third-order valence-corrected chi connectivity index (χ3v) is 4.44. The molecule has 0 aromatic heterocycles. The number of carbonyl (C=O) groups is 2. The minimum Gasteiger partial charge on any atom is -0.270 e. The van der Waals surface area contributed by atoms with E-state index in [-0.39, 0.29) is 18.4 Å². The van der Waals surface area contributed by atoms with Gasteiger partial charge in [0.25, 0.3) is 11.8 Å². The number of rotatable bonds is 2. The van der Waals surface area contributed by atoms with Crippen molar-refractivity contribution in [3.63, 3.8) is 0 Å². The van der Waals surface area contributed by atoms with Crippen molar-refractivity contribution < 1.29 is 14.0 Å². The average Bonchev–Trinajstić information content (AvgIpc) is 2.66. The molecule has 0 fully saturated rings. The van der Waals surface area contributed by atoms with Gasteiger partial charge >= 0.3 is 0 Å². The van der Waals surface area contributed by atoms with Gasteiger partial charge in [-0.05, 0) is 52.9 Å². The molecule has 0 unspecified atom stereocenters. The predicted octanol–water partition coefficient (Wildman–Crippen LogP) is 3.99. The Balaban J connectivity index is 1.95. The predicted molar refractivity (Wildman–Crippen MR) is 87.5 cm³/mol. The number of hydrogen-bond acceptors (Lipinski definition) is 2. The third kappa shape index (κ3) is 2.62. The highest BCUT2D eigenvalue weighted by Gasteiger charge is 2.35. The summed E-state index contributed by atoms with van der Waals surface area (Å²) < 4.78 is 15.4. The molecule has 0 aliphatic carbocycles. The van der Waals surface area contributed by atoms with E-state index in [4.69, 9.17) is 0 Å². The number of halogens is 3. The van der Waals surface area contributed by atoms with E-state index in [2.05, 4.69) is 38.5 Å². The summed E-state index contributed by atoms with van der Waals surface area (Å²) in [5.74, 6) is -1.21. The standard InChI is InChI=1S/C15H8BrFINO2/c16-9-2-1-8(13(17)5-9)7-19-14(20)11-4-3-10(18)6-12(11)15(19)21/h1-6H,7H2. The molecule has 1 heterocycles. The van der Waals surface area contributed by atoms with Gasteiger partial charge < -0.3 is 0 Å².